The average Bonchev–Trinajstić information content (AvgIpc) is 2.97. The highest BCUT2D eigenvalue weighted by Gasteiger charge is 2.07. The van der Waals surface area contributed by atoms with Gasteiger partial charge in [0, 0.05) is 13.2 Å². The SMILES string of the molecule is CCCCCCCCCCCCCCCCCCOC(CO)OCCCCCCCCCCCCCCCCC. The summed E-state index contributed by atoms with van der Waals surface area (Å²) in [7, 11) is 0. The molecule has 1 unspecified atom stereocenters. The van der Waals surface area contributed by atoms with Crippen LogP contribution in [-0.4, -0.2) is 31.2 Å². The summed E-state index contributed by atoms with van der Waals surface area (Å²) in [6.45, 7) is 5.97. The molecule has 3 heteroatoms. The van der Waals surface area contributed by atoms with Gasteiger partial charge in [0.25, 0.3) is 0 Å². The fourth-order valence-corrected chi connectivity index (χ4v) is 5.71. The van der Waals surface area contributed by atoms with Crippen LogP contribution in [0.4, 0.5) is 0 Å². The normalized spacial score (nSPS) is 12.4. The second-order valence-electron chi connectivity index (χ2n) is 12.6. The molecule has 0 heterocycles. The van der Waals surface area contributed by atoms with Crippen molar-refractivity contribution >= 4 is 0 Å². The zero-order valence-corrected chi connectivity index (χ0v) is 27.9. The Balaban J connectivity index is 3.24. The van der Waals surface area contributed by atoms with Gasteiger partial charge in [0.2, 0.25) is 0 Å². The zero-order valence-electron chi connectivity index (χ0n) is 27.9. The third-order valence-corrected chi connectivity index (χ3v) is 8.50. The minimum Gasteiger partial charge on any atom is -0.391 e. The number of aliphatic hydroxyl groups is 1. The Bertz CT molecular complexity index is 428. The lowest BCUT2D eigenvalue weighted by Gasteiger charge is -2.16. The number of unbranched alkanes of at least 4 members (excludes halogenated alkanes) is 29. The van der Waals surface area contributed by atoms with E-state index >= 15 is 0 Å². The number of aliphatic hydroxyl groups excluding tert-OH is 1. The summed E-state index contributed by atoms with van der Waals surface area (Å²) in [5.74, 6) is 0. The zero-order chi connectivity index (χ0) is 29.0. The molecule has 0 amide bonds. The van der Waals surface area contributed by atoms with Crippen LogP contribution in [0.1, 0.15) is 213 Å². The van der Waals surface area contributed by atoms with E-state index in [9.17, 15) is 5.11 Å². The van der Waals surface area contributed by atoms with Crippen LogP contribution >= 0.6 is 0 Å². The van der Waals surface area contributed by atoms with Gasteiger partial charge < -0.3 is 14.6 Å². The van der Waals surface area contributed by atoms with Crippen molar-refractivity contribution in [2.45, 2.75) is 219 Å². The molecule has 40 heavy (non-hydrogen) atoms. The Hall–Kier alpha value is -0.120. The predicted molar refractivity (Wildman–Crippen MR) is 177 cm³/mol. The number of hydrogen-bond acceptors (Lipinski definition) is 3. The van der Waals surface area contributed by atoms with E-state index in [4.69, 9.17) is 9.47 Å². The first-order valence-corrected chi connectivity index (χ1v) is 18.7. The summed E-state index contributed by atoms with van der Waals surface area (Å²) >= 11 is 0. The first-order valence-electron chi connectivity index (χ1n) is 18.7. The van der Waals surface area contributed by atoms with Gasteiger partial charge in [0.05, 0.1) is 6.61 Å². The van der Waals surface area contributed by atoms with Gasteiger partial charge in [0.1, 0.15) is 0 Å². The molecule has 0 aliphatic carbocycles. The topological polar surface area (TPSA) is 38.7 Å². The van der Waals surface area contributed by atoms with E-state index in [0.717, 1.165) is 12.8 Å². The van der Waals surface area contributed by atoms with Crippen LogP contribution in [0.25, 0.3) is 0 Å². The van der Waals surface area contributed by atoms with Gasteiger partial charge in [-0.05, 0) is 12.8 Å². The minimum absolute atomic E-state index is 0.0302. The molecule has 0 aliphatic rings. The number of hydrogen-bond donors (Lipinski definition) is 1. The Labute approximate surface area is 253 Å². The molecule has 0 spiro atoms. The van der Waals surface area contributed by atoms with E-state index in [1.54, 1.807) is 0 Å². The van der Waals surface area contributed by atoms with Gasteiger partial charge in [-0.15, -0.1) is 0 Å². The van der Waals surface area contributed by atoms with Crippen molar-refractivity contribution in [3.05, 3.63) is 0 Å². The summed E-state index contributed by atoms with van der Waals surface area (Å²) in [6.07, 6.45) is 42.3. The molecule has 0 saturated heterocycles. The van der Waals surface area contributed by atoms with Crippen LogP contribution in [-0.2, 0) is 9.47 Å². The molecular formula is C37H76O3. The largest absolute Gasteiger partial charge is 0.391 e. The third kappa shape index (κ3) is 34.1. The van der Waals surface area contributed by atoms with Crippen molar-refractivity contribution in [2.24, 2.45) is 0 Å². The summed E-state index contributed by atoms with van der Waals surface area (Å²) in [4.78, 5) is 0. The van der Waals surface area contributed by atoms with Gasteiger partial charge in [-0.2, -0.15) is 0 Å². The van der Waals surface area contributed by atoms with Crippen molar-refractivity contribution in [3.8, 4) is 0 Å². The highest BCUT2D eigenvalue weighted by atomic mass is 16.7. The molecule has 242 valence electrons. The molecule has 3 nitrogen and oxygen atoms in total. The molecule has 0 aromatic heterocycles. The monoisotopic (exact) mass is 569 g/mol. The summed E-state index contributed by atoms with van der Waals surface area (Å²) in [5.41, 5.74) is 0. The molecule has 0 aromatic rings. The van der Waals surface area contributed by atoms with E-state index < -0.39 is 6.29 Å². The molecule has 1 N–H and O–H groups in total. The maximum Gasteiger partial charge on any atom is 0.180 e. The van der Waals surface area contributed by atoms with Crippen LogP contribution in [0.5, 0.6) is 0 Å². The van der Waals surface area contributed by atoms with E-state index in [-0.39, 0.29) is 6.61 Å². The lowest BCUT2D eigenvalue weighted by molar-refractivity contribution is -0.163. The van der Waals surface area contributed by atoms with Crippen molar-refractivity contribution in [2.75, 3.05) is 19.8 Å². The van der Waals surface area contributed by atoms with E-state index in [1.165, 1.54) is 186 Å². The van der Waals surface area contributed by atoms with Crippen molar-refractivity contribution in [3.63, 3.8) is 0 Å². The standard InChI is InChI=1S/C37H76O3/c1-3-5-7-9-11-13-15-17-19-21-23-25-27-29-31-33-35-40-37(36-38)39-34-32-30-28-26-24-22-20-18-16-14-12-10-8-6-4-2/h37-38H,3-36H2,1-2H3. The van der Waals surface area contributed by atoms with Gasteiger partial charge in [0.15, 0.2) is 6.29 Å². The third-order valence-electron chi connectivity index (χ3n) is 8.50. The Kier molecular flexibility index (Phi) is 36.8. The van der Waals surface area contributed by atoms with Crippen LogP contribution in [0.3, 0.4) is 0 Å². The maximum absolute atomic E-state index is 9.54. The Morgan fingerprint density at radius 2 is 0.525 bits per heavy atom. The van der Waals surface area contributed by atoms with Crippen LogP contribution in [0.15, 0.2) is 0 Å². The minimum atomic E-state index is -0.428. The molecule has 0 saturated carbocycles. The molecular weight excluding hydrogens is 492 g/mol. The van der Waals surface area contributed by atoms with Crippen molar-refractivity contribution in [1.29, 1.82) is 0 Å². The van der Waals surface area contributed by atoms with E-state index in [2.05, 4.69) is 13.8 Å². The average molecular weight is 569 g/mol. The van der Waals surface area contributed by atoms with Gasteiger partial charge in [-0.3, -0.25) is 0 Å². The molecule has 0 radical (unpaired) electrons. The highest BCUT2D eigenvalue weighted by Crippen LogP contribution is 2.15. The first kappa shape index (κ1) is 39.9. The predicted octanol–water partition coefficient (Wildman–Crippen LogP) is 12.5. The quantitative estimate of drug-likeness (QED) is 0.0603. The molecule has 0 aromatic carbocycles. The van der Waals surface area contributed by atoms with Crippen LogP contribution < -0.4 is 0 Å². The molecule has 0 aliphatic heterocycles. The lowest BCUT2D eigenvalue weighted by atomic mass is 10.0. The molecule has 0 rings (SSSR count). The number of rotatable bonds is 36. The van der Waals surface area contributed by atoms with Gasteiger partial charge in [-0.25, -0.2) is 0 Å². The first-order chi connectivity index (χ1) is 19.8. The lowest BCUT2D eigenvalue weighted by Crippen LogP contribution is -2.22. The molecule has 1 atom stereocenters. The van der Waals surface area contributed by atoms with Crippen LogP contribution in [0.2, 0.25) is 0 Å². The smallest absolute Gasteiger partial charge is 0.180 e. The van der Waals surface area contributed by atoms with Crippen LogP contribution in [0, 0.1) is 0 Å². The summed E-state index contributed by atoms with van der Waals surface area (Å²) in [5, 5.41) is 9.54. The fraction of sp³-hybridized carbons (Fsp3) is 1.00. The maximum atomic E-state index is 9.54. The highest BCUT2D eigenvalue weighted by molar-refractivity contribution is 4.52. The Morgan fingerprint density at radius 1 is 0.325 bits per heavy atom. The fourth-order valence-electron chi connectivity index (χ4n) is 5.71. The number of ether oxygens (including phenoxy) is 2. The van der Waals surface area contributed by atoms with Gasteiger partial charge in [-0.1, -0.05) is 200 Å². The second-order valence-corrected chi connectivity index (χ2v) is 12.6. The van der Waals surface area contributed by atoms with Crippen molar-refractivity contribution in [1.82, 2.24) is 0 Å². The van der Waals surface area contributed by atoms with Crippen molar-refractivity contribution < 1.29 is 14.6 Å². The summed E-state index contributed by atoms with van der Waals surface area (Å²) < 4.78 is 11.5. The summed E-state index contributed by atoms with van der Waals surface area (Å²) in [6, 6.07) is 0. The molecule has 0 bridgehead atoms. The molecule has 0 fully saturated rings. The van der Waals surface area contributed by atoms with E-state index in [0.29, 0.717) is 13.2 Å². The second kappa shape index (κ2) is 36.9. The Morgan fingerprint density at radius 3 is 0.725 bits per heavy atom. The van der Waals surface area contributed by atoms with Gasteiger partial charge >= 0.3 is 0 Å². The van der Waals surface area contributed by atoms with E-state index in [1.807, 2.05) is 0 Å².